The number of hydrogen-bond acceptors (Lipinski definition) is 4. The lowest BCUT2D eigenvalue weighted by molar-refractivity contribution is 0.404. The lowest BCUT2D eigenvalue weighted by Gasteiger charge is -2.09. The van der Waals surface area contributed by atoms with Crippen LogP contribution < -0.4 is 14.9 Å². The highest BCUT2D eigenvalue weighted by atomic mass is 16.5. The molecule has 0 unspecified atom stereocenters. The summed E-state index contributed by atoms with van der Waals surface area (Å²) in [5.74, 6) is 1.01. The Kier molecular flexibility index (Phi) is 3.71. The Bertz CT molecular complexity index is 650. The van der Waals surface area contributed by atoms with Crippen LogP contribution >= 0.6 is 0 Å². The molecule has 0 atom stereocenters. The van der Waals surface area contributed by atoms with Gasteiger partial charge in [-0.25, -0.2) is 0 Å². The average molecular weight is 258 g/mol. The van der Waals surface area contributed by atoms with Gasteiger partial charge in [0.05, 0.1) is 14.2 Å². The maximum atomic E-state index is 11.6. The quantitative estimate of drug-likeness (QED) is 0.918. The van der Waals surface area contributed by atoms with Gasteiger partial charge in [0, 0.05) is 5.56 Å². The second-order valence-electron chi connectivity index (χ2n) is 3.94. The Morgan fingerprint density at radius 3 is 2.47 bits per heavy atom. The Morgan fingerprint density at radius 1 is 1.00 bits per heavy atom. The van der Waals surface area contributed by atoms with Crippen LogP contribution in [-0.4, -0.2) is 19.3 Å². The van der Waals surface area contributed by atoms with Crippen LogP contribution in [0.25, 0.3) is 11.1 Å². The normalized spacial score (nSPS) is 10.0. The molecule has 0 spiro atoms. The van der Waals surface area contributed by atoms with Crippen LogP contribution in [0.3, 0.4) is 0 Å². The van der Waals surface area contributed by atoms with E-state index < -0.39 is 5.43 Å². The van der Waals surface area contributed by atoms with Crippen LogP contribution in [0.1, 0.15) is 0 Å². The smallest absolute Gasteiger partial charge is 0.220 e. The third kappa shape index (κ3) is 2.68. The van der Waals surface area contributed by atoms with Crippen molar-refractivity contribution in [3.8, 4) is 28.4 Å². The van der Waals surface area contributed by atoms with E-state index in [2.05, 4.69) is 0 Å². The first-order valence-corrected chi connectivity index (χ1v) is 5.71. The first-order chi connectivity index (χ1) is 9.15. The van der Waals surface area contributed by atoms with Gasteiger partial charge in [0.25, 0.3) is 0 Å². The van der Waals surface area contributed by atoms with Crippen LogP contribution in [0.4, 0.5) is 0 Å². The average Bonchev–Trinajstić information content (AvgIpc) is 2.60. The molecule has 0 bridgehead atoms. The van der Waals surface area contributed by atoms with E-state index in [4.69, 9.17) is 9.47 Å². The Hall–Kier alpha value is -2.49. The van der Waals surface area contributed by atoms with Crippen molar-refractivity contribution >= 4 is 0 Å². The molecule has 0 fully saturated rings. The van der Waals surface area contributed by atoms with E-state index in [0.29, 0.717) is 17.1 Å². The fourth-order valence-electron chi connectivity index (χ4n) is 1.80. The molecular formula is C15H14O4. The highest BCUT2D eigenvalue weighted by Gasteiger charge is 2.08. The van der Waals surface area contributed by atoms with Gasteiger partial charge in [-0.05, 0) is 35.9 Å². The molecule has 0 heterocycles. The third-order valence-electron chi connectivity index (χ3n) is 2.79. The minimum Gasteiger partial charge on any atom is -0.504 e. The summed E-state index contributed by atoms with van der Waals surface area (Å²) in [6.07, 6.45) is 0. The van der Waals surface area contributed by atoms with E-state index >= 15 is 0 Å². The van der Waals surface area contributed by atoms with Crippen molar-refractivity contribution < 1.29 is 14.6 Å². The van der Waals surface area contributed by atoms with E-state index in [1.54, 1.807) is 44.6 Å². The summed E-state index contributed by atoms with van der Waals surface area (Å²) in [4.78, 5) is 11.6. The van der Waals surface area contributed by atoms with E-state index in [-0.39, 0.29) is 5.75 Å². The summed E-state index contributed by atoms with van der Waals surface area (Å²) in [6, 6.07) is 11.4. The standard InChI is InChI=1S/C15H14O4/c1-18-11-6-7-15(19-2)12(9-11)10-4-3-5-13(16)14(17)8-10/h3-9H,1-2H3,(H,16,17). The molecule has 4 nitrogen and oxygen atoms in total. The molecule has 2 aromatic rings. The minimum atomic E-state index is -0.440. The van der Waals surface area contributed by atoms with Gasteiger partial charge in [-0.3, -0.25) is 4.79 Å². The van der Waals surface area contributed by atoms with E-state index in [0.717, 1.165) is 5.56 Å². The van der Waals surface area contributed by atoms with Crippen LogP contribution in [0.5, 0.6) is 17.2 Å². The molecule has 0 aliphatic carbocycles. The molecule has 19 heavy (non-hydrogen) atoms. The van der Waals surface area contributed by atoms with Crippen LogP contribution in [0, 0.1) is 0 Å². The van der Waals surface area contributed by atoms with Gasteiger partial charge >= 0.3 is 0 Å². The van der Waals surface area contributed by atoms with Crippen molar-refractivity contribution in [1.82, 2.24) is 0 Å². The van der Waals surface area contributed by atoms with Crippen LogP contribution in [0.15, 0.2) is 47.3 Å². The van der Waals surface area contributed by atoms with E-state index in [1.165, 1.54) is 12.1 Å². The van der Waals surface area contributed by atoms with Crippen molar-refractivity contribution in [2.45, 2.75) is 0 Å². The number of rotatable bonds is 3. The topological polar surface area (TPSA) is 55.8 Å². The van der Waals surface area contributed by atoms with Crippen molar-refractivity contribution in [2.75, 3.05) is 14.2 Å². The van der Waals surface area contributed by atoms with Gasteiger partial charge < -0.3 is 14.6 Å². The monoisotopic (exact) mass is 258 g/mol. The van der Waals surface area contributed by atoms with Gasteiger partial charge in [-0.1, -0.05) is 12.1 Å². The molecule has 2 aromatic carbocycles. The number of benzene rings is 1. The molecular weight excluding hydrogens is 244 g/mol. The highest BCUT2D eigenvalue weighted by molar-refractivity contribution is 5.72. The number of methoxy groups -OCH3 is 2. The molecule has 4 heteroatoms. The van der Waals surface area contributed by atoms with E-state index in [1.807, 2.05) is 0 Å². The second kappa shape index (κ2) is 5.44. The van der Waals surface area contributed by atoms with E-state index in [9.17, 15) is 9.90 Å². The SMILES string of the molecule is COc1ccc(OC)c(-c2cccc(O)c(=O)c2)c1. The van der Waals surface area contributed by atoms with Gasteiger partial charge in [-0.15, -0.1) is 0 Å². The Morgan fingerprint density at radius 2 is 1.79 bits per heavy atom. The third-order valence-corrected chi connectivity index (χ3v) is 2.79. The van der Waals surface area contributed by atoms with Crippen molar-refractivity contribution in [1.29, 1.82) is 0 Å². The zero-order valence-electron chi connectivity index (χ0n) is 10.7. The maximum Gasteiger partial charge on any atom is 0.220 e. The molecule has 1 N–H and O–H groups in total. The zero-order valence-corrected chi connectivity index (χ0v) is 10.7. The molecule has 98 valence electrons. The fourth-order valence-corrected chi connectivity index (χ4v) is 1.80. The fraction of sp³-hybridized carbons (Fsp3) is 0.133. The minimum absolute atomic E-state index is 0.284. The molecule has 2 rings (SSSR count). The highest BCUT2D eigenvalue weighted by Crippen LogP contribution is 2.32. The largest absolute Gasteiger partial charge is 0.504 e. The molecule has 0 saturated heterocycles. The first kappa shape index (κ1) is 13.0. The van der Waals surface area contributed by atoms with Gasteiger partial charge in [-0.2, -0.15) is 0 Å². The molecule has 0 aliphatic heterocycles. The summed E-state index contributed by atoms with van der Waals surface area (Å²) in [7, 11) is 3.13. The van der Waals surface area contributed by atoms with Gasteiger partial charge in [0.15, 0.2) is 5.75 Å². The number of aromatic hydroxyl groups is 1. The number of hydrogen-bond donors (Lipinski definition) is 1. The van der Waals surface area contributed by atoms with Crippen LogP contribution in [0.2, 0.25) is 0 Å². The van der Waals surface area contributed by atoms with Crippen molar-refractivity contribution in [2.24, 2.45) is 0 Å². The molecule has 0 aromatic heterocycles. The van der Waals surface area contributed by atoms with Crippen molar-refractivity contribution in [3.05, 3.63) is 52.7 Å². The predicted octanol–water partition coefficient (Wildman–Crippen LogP) is 2.44. The summed E-state index contributed by atoms with van der Waals surface area (Å²) in [5.41, 5.74) is 0.945. The summed E-state index contributed by atoms with van der Waals surface area (Å²) >= 11 is 0. The lowest BCUT2D eigenvalue weighted by Crippen LogP contribution is -1.95. The Balaban J connectivity index is 2.67. The van der Waals surface area contributed by atoms with Crippen molar-refractivity contribution in [3.63, 3.8) is 0 Å². The molecule has 0 radical (unpaired) electrons. The van der Waals surface area contributed by atoms with Crippen LogP contribution in [-0.2, 0) is 0 Å². The lowest BCUT2D eigenvalue weighted by atomic mass is 10.1. The number of ether oxygens (including phenoxy) is 2. The molecule has 0 saturated carbocycles. The van der Waals surface area contributed by atoms with Gasteiger partial charge in [0.1, 0.15) is 11.5 Å². The summed E-state index contributed by atoms with van der Waals surface area (Å²) in [5, 5.41) is 9.41. The summed E-state index contributed by atoms with van der Waals surface area (Å²) < 4.78 is 10.5. The molecule has 0 aliphatic rings. The predicted molar refractivity (Wildman–Crippen MR) is 72.9 cm³/mol. The maximum absolute atomic E-state index is 11.6. The first-order valence-electron chi connectivity index (χ1n) is 5.71. The summed E-state index contributed by atoms with van der Waals surface area (Å²) in [6.45, 7) is 0. The Labute approximate surface area is 110 Å². The second-order valence-corrected chi connectivity index (χ2v) is 3.94. The van der Waals surface area contributed by atoms with Gasteiger partial charge in [0.2, 0.25) is 5.43 Å². The zero-order chi connectivity index (χ0) is 13.8. The molecule has 0 amide bonds.